The summed E-state index contributed by atoms with van der Waals surface area (Å²) < 4.78 is 15.1. The van der Waals surface area contributed by atoms with Crippen molar-refractivity contribution < 1.29 is 4.21 Å². The molecule has 0 bridgehead atoms. The maximum atomic E-state index is 12.1. The maximum Gasteiger partial charge on any atom is 0.0972 e. The van der Waals surface area contributed by atoms with Crippen molar-refractivity contribution in [3.63, 3.8) is 0 Å². The van der Waals surface area contributed by atoms with Gasteiger partial charge < -0.3 is 0 Å². The van der Waals surface area contributed by atoms with Crippen molar-refractivity contribution in [3.8, 4) is 0 Å². The zero-order valence-corrected chi connectivity index (χ0v) is 13.4. The zero-order chi connectivity index (χ0) is 14.5. The largest absolute Gasteiger partial charge is 0.242 e. The molecular formula is C15H22ClNOS. The summed E-state index contributed by atoms with van der Waals surface area (Å²) in [5.41, 5.74) is 1.18. The van der Waals surface area contributed by atoms with Crippen molar-refractivity contribution in [3.05, 3.63) is 47.5 Å². The van der Waals surface area contributed by atoms with Gasteiger partial charge in [-0.25, -0.2) is 8.93 Å². The van der Waals surface area contributed by atoms with E-state index >= 15 is 0 Å². The standard InChI is InChI=1S/C15H22ClNOS/c1-5-6-14(17-19(18)15(2,3)4)11-12-7-9-13(16)10-8-12/h5,7-10,14,17H,1,6,11H2,2-4H3/t14-,19-/m1/s1. The summed E-state index contributed by atoms with van der Waals surface area (Å²) in [6.07, 6.45) is 3.45. The van der Waals surface area contributed by atoms with Crippen molar-refractivity contribution in [2.24, 2.45) is 0 Å². The molecule has 2 nitrogen and oxygen atoms in total. The fourth-order valence-corrected chi connectivity index (χ4v) is 2.57. The van der Waals surface area contributed by atoms with Crippen molar-refractivity contribution in [1.82, 2.24) is 4.72 Å². The van der Waals surface area contributed by atoms with Crippen molar-refractivity contribution in [1.29, 1.82) is 0 Å². The van der Waals surface area contributed by atoms with E-state index < -0.39 is 11.0 Å². The van der Waals surface area contributed by atoms with E-state index in [9.17, 15) is 4.21 Å². The van der Waals surface area contributed by atoms with Gasteiger partial charge in [0.2, 0.25) is 0 Å². The molecule has 0 fully saturated rings. The van der Waals surface area contributed by atoms with Gasteiger partial charge in [-0.3, -0.25) is 0 Å². The molecule has 0 amide bonds. The average molecular weight is 300 g/mol. The summed E-state index contributed by atoms with van der Waals surface area (Å²) in [4.78, 5) is 0. The molecule has 0 aliphatic rings. The first-order chi connectivity index (χ1) is 8.82. The minimum atomic E-state index is -1.07. The molecule has 2 atom stereocenters. The molecule has 0 aromatic heterocycles. The monoisotopic (exact) mass is 299 g/mol. The van der Waals surface area contributed by atoms with Crippen LogP contribution in [0.25, 0.3) is 0 Å². The van der Waals surface area contributed by atoms with Crippen LogP contribution in [0.2, 0.25) is 5.02 Å². The van der Waals surface area contributed by atoms with Gasteiger partial charge in [0.1, 0.15) is 0 Å². The van der Waals surface area contributed by atoms with E-state index in [0.29, 0.717) is 0 Å². The second-order valence-corrected chi connectivity index (χ2v) is 7.99. The number of rotatable bonds is 6. The fraction of sp³-hybridized carbons (Fsp3) is 0.467. The van der Waals surface area contributed by atoms with Crippen molar-refractivity contribution >= 4 is 22.6 Å². The highest BCUT2D eigenvalue weighted by Crippen LogP contribution is 2.15. The predicted octanol–water partition coefficient (Wildman–Crippen LogP) is 3.88. The smallest absolute Gasteiger partial charge is 0.0972 e. The Kier molecular flexibility index (Phi) is 6.24. The molecule has 4 heteroatoms. The minimum absolute atomic E-state index is 0.124. The van der Waals surface area contributed by atoms with E-state index in [4.69, 9.17) is 11.6 Å². The van der Waals surface area contributed by atoms with Gasteiger partial charge in [0.25, 0.3) is 0 Å². The SMILES string of the molecule is C=CC[C@H](Cc1ccc(Cl)cc1)N[S@](=O)C(C)(C)C. The molecule has 0 unspecified atom stereocenters. The van der Waals surface area contributed by atoms with Crippen LogP contribution < -0.4 is 4.72 Å². The second-order valence-electron chi connectivity index (χ2n) is 5.55. The van der Waals surface area contributed by atoms with E-state index in [0.717, 1.165) is 17.9 Å². The molecule has 106 valence electrons. The Morgan fingerprint density at radius 3 is 2.42 bits per heavy atom. The normalized spacial score (nSPS) is 14.9. The molecule has 0 spiro atoms. The third-order valence-electron chi connectivity index (χ3n) is 2.68. The first-order valence-electron chi connectivity index (χ1n) is 6.36. The molecule has 1 N–H and O–H groups in total. The summed E-state index contributed by atoms with van der Waals surface area (Å²) in [6, 6.07) is 7.88. The minimum Gasteiger partial charge on any atom is -0.242 e. The summed E-state index contributed by atoms with van der Waals surface area (Å²) in [5.74, 6) is 0. The van der Waals surface area contributed by atoms with Crippen LogP contribution in [-0.4, -0.2) is 15.0 Å². The Balaban J connectivity index is 2.70. The van der Waals surface area contributed by atoms with Crippen molar-refractivity contribution in [2.45, 2.75) is 44.4 Å². The third-order valence-corrected chi connectivity index (χ3v) is 4.59. The molecule has 1 aromatic carbocycles. The number of hydrogen-bond donors (Lipinski definition) is 1. The molecular weight excluding hydrogens is 278 g/mol. The number of nitrogens with one attached hydrogen (secondary N) is 1. The van der Waals surface area contributed by atoms with Gasteiger partial charge >= 0.3 is 0 Å². The highest BCUT2D eigenvalue weighted by molar-refractivity contribution is 7.84. The van der Waals surface area contributed by atoms with E-state index in [-0.39, 0.29) is 10.8 Å². The van der Waals surface area contributed by atoms with Crippen LogP contribution in [-0.2, 0) is 17.4 Å². The zero-order valence-electron chi connectivity index (χ0n) is 11.8. The lowest BCUT2D eigenvalue weighted by atomic mass is 10.0. The van der Waals surface area contributed by atoms with Gasteiger partial charge in [0.15, 0.2) is 0 Å². The summed E-state index contributed by atoms with van der Waals surface area (Å²) in [7, 11) is -1.07. The highest BCUT2D eigenvalue weighted by Gasteiger charge is 2.22. The Morgan fingerprint density at radius 2 is 1.95 bits per heavy atom. The van der Waals surface area contributed by atoms with Crippen molar-refractivity contribution in [2.75, 3.05) is 0 Å². The lowest BCUT2D eigenvalue weighted by molar-refractivity contribution is 0.583. The van der Waals surface area contributed by atoms with Gasteiger partial charge in [0.05, 0.1) is 15.7 Å². The second kappa shape index (κ2) is 7.22. The van der Waals surface area contributed by atoms with Crippen LogP contribution in [0, 0.1) is 0 Å². The molecule has 0 heterocycles. The average Bonchev–Trinajstić information content (AvgIpc) is 2.31. The summed E-state index contributed by atoms with van der Waals surface area (Å²) in [5, 5.41) is 0.732. The summed E-state index contributed by atoms with van der Waals surface area (Å²) >= 11 is 5.87. The molecule has 0 saturated carbocycles. The molecule has 1 aromatic rings. The quantitative estimate of drug-likeness (QED) is 0.794. The first kappa shape index (κ1) is 16.4. The maximum absolute atomic E-state index is 12.1. The molecule has 0 aliphatic heterocycles. The Bertz CT molecular complexity index is 436. The highest BCUT2D eigenvalue weighted by atomic mass is 35.5. The van der Waals surface area contributed by atoms with Crippen LogP contribution in [0.1, 0.15) is 32.8 Å². The van der Waals surface area contributed by atoms with Crippen LogP contribution in [0.5, 0.6) is 0 Å². The lowest BCUT2D eigenvalue weighted by Crippen LogP contribution is -2.40. The van der Waals surface area contributed by atoms with E-state index in [1.165, 1.54) is 5.56 Å². The van der Waals surface area contributed by atoms with Crippen LogP contribution in [0.3, 0.4) is 0 Å². The van der Waals surface area contributed by atoms with E-state index in [1.54, 1.807) is 0 Å². The number of hydrogen-bond acceptors (Lipinski definition) is 1. The van der Waals surface area contributed by atoms with Gasteiger partial charge in [-0.05, 0) is 51.3 Å². The summed E-state index contributed by atoms with van der Waals surface area (Å²) in [6.45, 7) is 9.65. The molecule has 0 radical (unpaired) electrons. The lowest BCUT2D eigenvalue weighted by Gasteiger charge is -2.23. The van der Waals surface area contributed by atoms with Crippen LogP contribution in [0.15, 0.2) is 36.9 Å². The van der Waals surface area contributed by atoms with Crippen LogP contribution >= 0.6 is 11.6 Å². The van der Waals surface area contributed by atoms with Gasteiger partial charge in [-0.15, -0.1) is 6.58 Å². The molecule has 0 saturated heterocycles. The Hall–Kier alpha value is -0.640. The first-order valence-corrected chi connectivity index (χ1v) is 7.89. The van der Waals surface area contributed by atoms with E-state index in [2.05, 4.69) is 11.3 Å². The molecule has 0 aliphatic carbocycles. The van der Waals surface area contributed by atoms with Gasteiger partial charge in [0, 0.05) is 11.1 Å². The van der Waals surface area contributed by atoms with Gasteiger partial charge in [-0.2, -0.15) is 0 Å². The number of halogens is 1. The van der Waals surface area contributed by atoms with E-state index in [1.807, 2.05) is 51.1 Å². The Labute approximate surface area is 123 Å². The number of benzene rings is 1. The predicted molar refractivity (Wildman–Crippen MR) is 84.8 cm³/mol. The fourth-order valence-electron chi connectivity index (χ4n) is 1.61. The third kappa shape index (κ3) is 5.89. The molecule has 1 rings (SSSR count). The Morgan fingerprint density at radius 1 is 1.37 bits per heavy atom. The van der Waals surface area contributed by atoms with Crippen LogP contribution in [0.4, 0.5) is 0 Å². The molecule has 19 heavy (non-hydrogen) atoms. The van der Waals surface area contributed by atoms with Gasteiger partial charge in [-0.1, -0.05) is 29.8 Å². The topological polar surface area (TPSA) is 29.1 Å².